The number of ether oxygens (including phenoxy) is 1. The van der Waals surface area contributed by atoms with Crippen molar-refractivity contribution in [3.63, 3.8) is 0 Å². The number of hydrogen-bond donors (Lipinski definition) is 2. The lowest BCUT2D eigenvalue weighted by atomic mass is 9.86. The fourth-order valence-corrected chi connectivity index (χ4v) is 2.09. The molecule has 0 aromatic heterocycles. The number of amides is 1. The molecule has 4 nitrogen and oxygen atoms in total. The van der Waals surface area contributed by atoms with E-state index in [0.717, 1.165) is 0 Å². The standard InChI is InChI=1S/C12H14FNO3/c13-10-3-1-9(2-4-10)12(6-8-15)5-7-14-11(16)17-12/h1-4,15H,5-8H2,(H,14,16)/t12-/m0/s1. The first-order valence-electron chi connectivity index (χ1n) is 5.50. The van der Waals surface area contributed by atoms with Crippen molar-refractivity contribution in [3.8, 4) is 0 Å². The van der Waals surface area contributed by atoms with Gasteiger partial charge in [-0.15, -0.1) is 0 Å². The number of carbonyl (C=O) groups is 1. The van der Waals surface area contributed by atoms with Crippen LogP contribution in [0.15, 0.2) is 24.3 Å². The van der Waals surface area contributed by atoms with Gasteiger partial charge in [0.1, 0.15) is 11.4 Å². The number of nitrogens with one attached hydrogen (secondary N) is 1. The van der Waals surface area contributed by atoms with Crippen LogP contribution in [-0.4, -0.2) is 24.4 Å². The first-order chi connectivity index (χ1) is 8.16. The molecule has 1 aliphatic heterocycles. The minimum absolute atomic E-state index is 0.0926. The van der Waals surface area contributed by atoms with Gasteiger partial charge in [0.05, 0.1) is 0 Å². The summed E-state index contributed by atoms with van der Waals surface area (Å²) < 4.78 is 18.2. The lowest BCUT2D eigenvalue weighted by Gasteiger charge is -2.37. The monoisotopic (exact) mass is 239 g/mol. The lowest BCUT2D eigenvalue weighted by Crippen LogP contribution is -2.45. The molecule has 1 heterocycles. The smallest absolute Gasteiger partial charge is 0.408 e. The Hall–Kier alpha value is -1.62. The second-order valence-corrected chi connectivity index (χ2v) is 4.04. The summed E-state index contributed by atoms with van der Waals surface area (Å²) in [6.07, 6.45) is 0.366. The highest BCUT2D eigenvalue weighted by molar-refractivity contribution is 5.68. The molecule has 1 fully saturated rings. The van der Waals surface area contributed by atoms with E-state index < -0.39 is 11.7 Å². The van der Waals surface area contributed by atoms with E-state index in [-0.39, 0.29) is 12.4 Å². The first-order valence-corrected chi connectivity index (χ1v) is 5.50. The van der Waals surface area contributed by atoms with Crippen molar-refractivity contribution in [2.24, 2.45) is 0 Å². The predicted molar refractivity (Wildman–Crippen MR) is 58.9 cm³/mol. The minimum atomic E-state index is -0.842. The molecule has 0 saturated carbocycles. The minimum Gasteiger partial charge on any atom is -0.438 e. The van der Waals surface area contributed by atoms with Gasteiger partial charge in [-0.05, 0) is 17.7 Å². The number of hydrogen-bond acceptors (Lipinski definition) is 3. The molecule has 0 aliphatic carbocycles. The molecule has 17 heavy (non-hydrogen) atoms. The van der Waals surface area contributed by atoms with E-state index >= 15 is 0 Å². The molecule has 2 rings (SSSR count). The number of aliphatic hydroxyl groups is 1. The number of carbonyl (C=O) groups excluding carboxylic acids is 1. The number of rotatable bonds is 3. The van der Waals surface area contributed by atoms with Crippen molar-refractivity contribution in [3.05, 3.63) is 35.6 Å². The Bertz CT molecular complexity index is 403. The number of halogens is 1. The summed E-state index contributed by atoms with van der Waals surface area (Å²) in [4.78, 5) is 11.3. The molecule has 0 radical (unpaired) electrons. The Balaban J connectivity index is 2.32. The van der Waals surface area contributed by atoms with Gasteiger partial charge in [-0.1, -0.05) is 12.1 Å². The Morgan fingerprint density at radius 2 is 2.12 bits per heavy atom. The van der Waals surface area contributed by atoms with Crippen molar-refractivity contribution >= 4 is 6.09 Å². The average molecular weight is 239 g/mol. The van der Waals surface area contributed by atoms with E-state index in [4.69, 9.17) is 9.84 Å². The van der Waals surface area contributed by atoms with Crippen molar-refractivity contribution in [1.29, 1.82) is 0 Å². The number of alkyl carbamates (subject to hydrolysis) is 1. The second-order valence-electron chi connectivity index (χ2n) is 4.04. The van der Waals surface area contributed by atoms with Gasteiger partial charge < -0.3 is 15.2 Å². The van der Waals surface area contributed by atoms with Gasteiger partial charge in [0.25, 0.3) is 0 Å². The van der Waals surface area contributed by atoms with Crippen LogP contribution >= 0.6 is 0 Å². The van der Waals surface area contributed by atoms with E-state index in [9.17, 15) is 9.18 Å². The highest BCUT2D eigenvalue weighted by Crippen LogP contribution is 2.35. The van der Waals surface area contributed by atoms with Crippen molar-refractivity contribution < 1.29 is 19.0 Å². The largest absolute Gasteiger partial charge is 0.438 e. The van der Waals surface area contributed by atoms with Gasteiger partial charge in [-0.2, -0.15) is 0 Å². The molecular weight excluding hydrogens is 225 g/mol. The summed E-state index contributed by atoms with van der Waals surface area (Å²) in [5.41, 5.74) is -0.132. The Morgan fingerprint density at radius 1 is 1.41 bits per heavy atom. The third-order valence-electron chi connectivity index (χ3n) is 2.97. The van der Waals surface area contributed by atoms with Crippen molar-refractivity contribution in [2.45, 2.75) is 18.4 Å². The summed E-state index contributed by atoms with van der Waals surface area (Å²) in [6.45, 7) is 0.390. The Labute approximate surface area is 98.4 Å². The number of benzene rings is 1. The normalized spacial score (nSPS) is 24.0. The van der Waals surface area contributed by atoms with Gasteiger partial charge in [0, 0.05) is 26.0 Å². The zero-order valence-corrected chi connectivity index (χ0v) is 9.28. The van der Waals surface area contributed by atoms with Crippen LogP contribution in [0, 0.1) is 5.82 Å². The van der Waals surface area contributed by atoms with Gasteiger partial charge in [0.2, 0.25) is 0 Å². The molecule has 1 saturated heterocycles. The molecule has 5 heteroatoms. The molecule has 1 aromatic rings. The summed E-state index contributed by atoms with van der Waals surface area (Å²) in [5, 5.41) is 11.7. The zero-order chi connectivity index (χ0) is 12.3. The van der Waals surface area contributed by atoms with Crippen LogP contribution in [0.3, 0.4) is 0 Å². The quantitative estimate of drug-likeness (QED) is 0.841. The Kier molecular flexibility index (Phi) is 3.28. The summed E-state index contributed by atoms with van der Waals surface area (Å²) >= 11 is 0. The summed E-state index contributed by atoms with van der Waals surface area (Å²) in [7, 11) is 0. The molecule has 1 atom stereocenters. The predicted octanol–water partition coefficient (Wildman–Crippen LogP) is 1.53. The van der Waals surface area contributed by atoms with Gasteiger partial charge in [-0.3, -0.25) is 0 Å². The van der Waals surface area contributed by atoms with E-state index in [2.05, 4.69) is 5.32 Å². The van der Waals surface area contributed by atoms with Crippen molar-refractivity contribution in [1.82, 2.24) is 5.32 Å². The molecule has 1 amide bonds. The number of aliphatic hydroxyl groups excluding tert-OH is 1. The topological polar surface area (TPSA) is 58.6 Å². The zero-order valence-electron chi connectivity index (χ0n) is 9.28. The fourth-order valence-electron chi connectivity index (χ4n) is 2.09. The SMILES string of the molecule is O=C1NCC[C@](CCO)(c2ccc(F)cc2)O1. The molecule has 0 bridgehead atoms. The maximum atomic E-state index is 12.9. The first kappa shape index (κ1) is 11.9. The highest BCUT2D eigenvalue weighted by atomic mass is 19.1. The lowest BCUT2D eigenvalue weighted by molar-refractivity contribution is -0.0330. The van der Waals surface area contributed by atoms with Crippen LogP contribution in [-0.2, 0) is 10.3 Å². The second kappa shape index (κ2) is 4.71. The van der Waals surface area contributed by atoms with Crippen LogP contribution < -0.4 is 5.32 Å². The highest BCUT2D eigenvalue weighted by Gasteiger charge is 2.38. The average Bonchev–Trinajstić information content (AvgIpc) is 2.30. The maximum Gasteiger partial charge on any atom is 0.408 e. The molecule has 92 valence electrons. The van der Waals surface area contributed by atoms with Gasteiger partial charge in [0.15, 0.2) is 0 Å². The van der Waals surface area contributed by atoms with E-state index in [1.807, 2.05) is 0 Å². The molecule has 1 aromatic carbocycles. The van der Waals surface area contributed by atoms with Crippen LogP contribution in [0.25, 0.3) is 0 Å². The third-order valence-corrected chi connectivity index (χ3v) is 2.97. The molecule has 0 unspecified atom stereocenters. The molecule has 0 spiro atoms. The van der Waals surface area contributed by atoms with Crippen LogP contribution in [0.5, 0.6) is 0 Å². The number of cyclic esters (lactones) is 1. The van der Waals surface area contributed by atoms with E-state index in [1.54, 1.807) is 12.1 Å². The van der Waals surface area contributed by atoms with E-state index in [0.29, 0.717) is 24.9 Å². The molecule has 1 aliphatic rings. The summed E-state index contributed by atoms with van der Waals surface area (Å²) in [5.74, 6) is -0.340. The van der Waals surface area contributed by atoms with Crippen LogP contribution in [0.4, 0.5) is 9.18 Å². The third kappa shape index (κ3) is 2.39. The van der Waals surface area contributed by atoms with Gasteiger partial charge in [-0.25, -0.2) is 9.18 Å². The molecule has 2 N–H and O–H groups in total. The maximum absolute atomic E-state index is 12.9. The van der Waals surface area contributed by atoms with Gasteiger partial charge >= 0.3 is 6.09 Å². The molecular formula is C12H14FNO3. The fraction of sp³-hybridized carbons (Fsp3) is 0.417. The van der Waals surface area contributed by atoms with Crippen LogP contribution in [0.1, 0.15) is 18.4 Å². The van der Waals surface area contributed by atoms with E-state index in [1.165, 1.54) is 12.1 Å². The van der Waals surface area contributed by atoms with Crippen LogP contribution in [0.2, 0.25) is 0 Å². The van der Waals surface area contributed by atoms with Crippen molar-refractivity contribution in [2.75, 3.05) is 13.2 Å². The summed E-state index contributed by atoms with van der Waals surface area (Å²) in [6, 6.07) is 5.82. The Morgan fingerprint density at radius 3 is 2.71 bits per heavy atom.